The summed E-state index contributed by atoms with van der Waals surface area (Å²) in [4.78, 5) is 10.6. The highest BCUT2D eigenvalue weighted by Gasteiger charge is 2.13. The zero-order chi connectivity index (χ0) is 11.4. The molecule has 0 amide bonds. The van der Waals surface area contributed by atoms with Crippen LogP contribution in [-0.4, -0.2) is 17.3 Å². The van der Waals surface area contributed by atoms with Gasteiger partial charge in [-0.05, 0) is 24.3 Å². The fourth-order valence-corrected chi connectivity index (χ4v) is 1.03. The fraction of sp³-hybridized carbons (Fsp3) is 0.100. The molecule has 0 aliphatic rings. The molecule has 0 aliphatic carbocycles. The summed E-state index contributed by atoms with van der Waals surface area (Å²) >= 11 is 5.58. The highest BCUT2D eigenvalue weighted by atomic mass is 35.5. The first-order valence-electron chi connectivity index (χ1n) is 3.99. The van der Waals surface area contributed by atoms with Gasteiger partial charge in [0.1, 0.15) is 5.76 Å². The molecule has 0 unspecified atom stereocenters. The van der Waals surface area contributed by atoms with E-state index in [-0.39, 0.29) is 5.56 Å². The quantitative estimate of drug-likeness (QED) is 0.642. The maximum Gasteiger partial charge on any atom is 0.300 e. The second kappa shape index (κ2) is 4.89. The molecule has 0 atom stereocenters. The normalized spacial score (nSPS) is 11.9. The van der Waals surface area contributed by atoms with E-state index in [2.05, 4.69) is 0 Å². The maximum absolute atomic E-state index is 11.8. The Morgan fingerprint density at radius 1 is 1.33 bits per heavy atom. The van der Waals surface area contributed by atoms with Crippen LogP contribution < -0.4 is 0 Å². The minimum absolute atomic E-state index is 0.258. The largest absolute Gasteiger partial charge is 0.507 e. The predicted octanol–water partition coefficient (Wildman–Crippen LogP) is 3.07. The zero-order valence-corrected chi connectivity index (χ0v) is 8.21. The third-order valence-electron chi connectivity index (χ3n) is 1.63. The van der Waals surface area contributed by atoms with Gasteiger partial charge in [0.05, 0.1) is 0 Å². The Morgan fingerprint density at radius 2 is 1.87 bits per heavy atom. The van der Waals surface area contributed by atoms with Crippen LogP contribution in [0.5, 0.6) is 0 Å². The number of alkyl halides is 2. The van der Waals surface area contributed by atoms with Crippen molar-refractivity contribution in [1.29, 1.82) is 0 Å². The van der Waals surface area contributed by atoms with E-state index in [0.29, 0.717) is 11.1 Å². The van der Waals surface area contributed by atoms with Crippen molar-refractivity contribution in [1.82, 2.24) is 0 Å². The van der Waals surface area contributed by atoms with Crippen LogP contribution in [0.4, 0.5) is 8.78 Å². The lowest BCUT2D eigenvalue weighted by Crippen LogP contribution is -2.06. The standard InChI is InChI=1S/C10H7ClF2O2/c11-7-3-1-6(2-4-7)8(14)5-9(15)10(12)13/h1-5,10,14H/b8-5-. The average molecular weight is 233 g/mol. The van der Waals surface area contributed by atoms with Crippen molar-refractivity contribution in [2.75, 3.05) is 0 Å². The molecular formula is C10H7ClF2O2. The highest BCUT2D eigenvalue weighted by molar-refractivity contribution is 6.30. The van der Waals surface area contributed by atoms with E-state index in [9.17, 15) is 18.7 Å². The lowest BCUT2D eigenvalue weighted by molar-refractivity contribution is -0.124. The van der Waals surface area contributed by atoms with Gasteiger partial charge in [0, 0.05) is 16.7 Å². The van der Waals surface area contributed by atoms with E-state index in [0.717, 1.165) is 0 Å². The van der Waals surface area contributed by atoms with Crippen molar-refractivity contribution >= 4 is 23.1 Å². The molecule has 0 saturated carbocycles. The van der Waals surface area contributed by atoms with Gasteiger partial charge in [0.2, 0.25) is 5.78 Å². The molecule has 0 aliphatic heterocycles. The Kier molecular flexibility index (Phi) is 3.80. The Bertz CT molecular complexity index is 385. The number of allylic oxidation sites excluding steroid dienone is 1. The Labute approximate surface area is 89.8 Å². The second-order valence-electron chi connectivity index (χ2n) is 2.74. The van der Waals surface area contributed by atoms with Crippen LogP contribution in [0, 0.1) is 0 Å². The van der Waals surface area contributed by atoms with Crippen LogP contribution in [0.2, 0.25) is 5.02 Å². The maximum atomic E-state index is 11.8. The van der Waals surface area contributed by atoms with Crippen LogP contribution in [0.1, 0.15) is 5.56 Å². The summed E-state index contributed by atoms with van der Waals surface area (Å²) in [5.41, 5.74) is 0.258. The molecule has 0 bridgehead atoms. The van der Waals surface area contributed by atoms with Crippen molar-refractivity contribution in [3.05, 3.63) is 40.9 Å². The molecule has 15 heavy (non-hydrogen) atoms. The number of ketones is 1. The molecule has 1 aromatic rings. The summed E-state index contributed by atoms with van der Waals surface area (Å²) in [6, 6.07) is 5.81. The van der Waals surface area contributed by atoms with Gasteiger partial charge >= 0.3 is 0 Å². The number of rotatable bonds is 3. The number of hydrogen-bond donors (Lipinski definition) is 1. The molecule has 1 aromatic carbocycles. The topological polar surface area (TPSA) is 37.3 Å². The average Bonchev–Trinajstić information content (AvgIpc) is 2.18. The minimum Gasteiger partial charge on any atom is -0.507 e. The number of hydrogen-bond acceptors (Lipinski definition) is 2. The van der Waals surface area contributed by atoms with E-state index in [1.165, 1.54) is 24.3 Å². The number of carbonyl (C=O) groups is 1. The van der Waals surface area contributed by atoms with Crippen molar-refractivity contribution in [3.8, 4) is 0 Å². The van der Waals surface area contributed by atoms with Crippen molar-refractivity contribution in [2.45, 2.75) is 6.43 Å². The molecule has 0 radical (unpaired) electrons. The van der Waals surface area contributed by atoms with Crippen LogP contribution in [-0.2, 0) is 4.79 Å². The van der Waals surface area contributed by atoms with Crippen LogP contribution >= 0.6 is 11.6 Å². The lowest BCUT2D eigenvalue weighted by atomic mass is 10.1. The molecule has 2 nitrogen and oxygen atoms in total. The van der Waals surface area contributed by atoms with Gasteiger partial charge in [0.15, 0.2) is 0 Å². The van der Waals surface area contributed by atoms with Gasteiger partial charge in [-0.15, -0.1) is 0 Å². The Morgan fingerprint density at radius 3 is 2.33 bits per heavy atom. The smallest absolute Gasteiger partial charge is 0.300 e. The molecule has 1 N–H and O–H groups in total. The monoisotopic (exact) mass is 232 g/mol. The van der Waals surface area contributed by atoms with E-state index < -0.39 is 18.0 Å². The molecule has 80 valence electrons. The number of aliphatic hydroxyl groups is 1. The molecule has 0 heterocycles. The van der Waals surface area contributed by atoms with Crippen molar-refractivity contribution in [3.63, 3.8) is 0 Å². The molecular weight excluding hydrogens is 226 g/mol. The van der Waals surface area contributed by atoms with Crippen molar-refractivity contribution in [2.24, 2.45) is 0 Å². The summed E-state index contributed by atoms with van der Waals surface area (Å²) in [6.07, 6.45) is -2.62. The molecule has 0 fully saturated rings. The van der Waals surface area contributed by atoms with E-state index in [4.69, 9.17) is 11.6 Å². The van der Waals surface area contributed by atoms with Gasteiger partial charge in [-0.25, -0.2) is 8.78 Å². The van der Waals surface area contributed by atoms with E-state index in [1.807, 2.05) is 0 Å². The first-order chi connectivity index (χ1) is 7.00. The summed E-state index contributed by atoms with van der Waals surface area (Å²) in [5.74, 6) is -1.93. The molecule has 5 heteroatoms. The van der Waals surface area contributed by atoms with Gasteiger partial charge in [-0.1, -0.05) is 11.6 Å². The van der Waals surface area contributed by atoms with Gasteiger partial charge in [-0.3, -0.25) is 4.79 Å². The van der Waals surface area contributed by atoms with Crippen molar-refractivity contribution < 1.29 is 18.7 Å². The third-order valence-corrected chi connectivity index (χ3v) is 1.89. The SMILES string of the molecule is O=C(/C=C(\O)c1ccc(Cl)cc1)C(F)F. The third kappa shape index (κ3) is 3.32. The zero-order valence-electron chi connectivity index (χ0n) is 7.45. The first-order valence-corrected chi connectivity index (χ1v) is 4.37. The number of carbonyl (C=O) groups excluding carboxylic acids is 1. The van der Waals surface area contributed by atoms with E-state index in [1.54, 1.807) is 0 Å². The first kappa shape index (κ1) is 11.7. The predicted molar refractivity (Wildman–Crippen MR) is 53.1 cm³/mol. The van der Waals surface area contributed by atoms with Gasteiger partial charge in [-0.2, -0.15) is 0 Å². The van der Waals surface area contributed by atoms with Crippen LogP contribution in [0.3, 0.4) is 0 Å². The number of benzene rings is 1. The molecule has 0 saturated heterocycles. The summed E-state index contributed by atoms with van der Waals surface area (Å²) in [7, 11) is 0. The van der Waals surface area contributed by atoms with Gasteiger partial charge < -0.3 is 5.11 Å². The van der Waals surface area contributed by atoms with Crippen LogP contribution in [0.15, 0.2) is 30.3 Å². The molecule has 0 spiro atoms. The summed E-state index contributed by atoms with van der Waals surface area (Å²) in [5, 5.41) is 9.75. The summed E-state index contributed by atoms with van der Waals surface area (Å²) in [6.45, 7) is 0. The molecule has 0 aromatic heterocycles. The Hall–Kier alpha value is -1.42. The lowest BCUT2D eigenvalue weighted by Gasteiger charge is -1.99. The number of halogens is 3. The van der Waals surface area contributed by atoms with Gasteiger partial charge in [0.25, 0.3) is 6.43 Å². The minimum atomic E-state index is -3.11. The highest BCUT2D eigenvalue weighted by Crippen LogP contribution is 2.15. The number of aliphatic hydroxyl groups excluding tert-OH is 1. The van der Waals surface area contributed by atoms with E-state index >= 15 is 0 Å². The summed E-state index contributed by atoms with van der Waals surface area (Å²) < 4.78 is 23.7. The fourth-order valence-electron chi connectivity index (χ4n) is 0.902. The molecule has 1 rings (SSSR count). The Balaban J connectivity index is 2.89. The van der Waals surface area contributed by atoms with Crippen LogP contribution in [0.25, 0.3) is 5.76 Å². The second-order valence-corrected chi connectivity index (χ2v) is 3.18.